The van der Waals surface area contributed by atoms with Gasteiger partial charge >= 0.3 is 0 Å². The molecule has 0 spiro atoms. The van der Waals surface area contributed by atoms with Crippen LogP contribution in [0, 0.1) is 25.2 Å². The van der Waals surface area contributed by atoms with Gasteiger partial charge in [0.25, 0.3) is 0 Å². The first-order valence-corrected chi connectivity index (χ1v) is 6.89. The maximum absolute atomic E-state index is 11.9. The van der Waals surface area contributed by atoms with Crippen molar-refractivity contribution in [3.8, 4) is 11.8 Å². The maximum atomic E-state index is 11.9. The van der Waals surface area contributed by atoms with Crippen molar-refractivity contribution in [3.05, 3.63) is 51.8 Å². The number of alkyl halides is 1. The zero-order valence-electron chi connectivity index (χ0n) is 11.1. The molecule has 20 heavy (non-hydrogen) atoms. The summed E-state index contributed by atoms with van der Waals surface area (Å²) in [6.45, 7) is 3.68. The molecule has 0 unspecified atom stereocenters. The molecule has 5 heteroatoms. The number of nitrogens with zero attached hydrogens (tertiary/aromatic N) is 2. The van der Waals surface area contributed by atoms with Gasteiger partial charge in [-0.05, 0) is 38.1 Å². The molecule has 0 radical (unpaired) electrons. The first kappa shape index (κ1) is 14.6. The molecule has 3 nitrogen and oxygen atoms in total. The number of Topliss-reactive ketones (excluding diaryl/α,β-unsaturated/α-hetero) is 1. The molecule has 0 fully saturated rings. The molecule has 102 valence electrons. The van der Waals surface area contributed by atoms with E-state index in [1.54, 1.807) is 12.1 Å². The quantitative estimate of drug-likeness (QED) is 0.634. The van der Waals surface area contributed by atoms with Crippen LogP contribution in [-0.4, -0.2) is 16.2 Å². The van der Waals surface area contributed by atoms with Crippen LogP contribution < -0.4 is 0 Å². The zero-order chi connectivity index (χ0) is 14.9. The van der Waals surface area contributed by atoms with Gasteiger partial charge in [-0.3, -0.25) is 4.79 Å². The summed E-state index contributed by atoms with van der Waals surface area (Å²) in [5, 5.41) is 9.25. The Balaban J connectivity index is 2.63. The van der Waals surface area contributed by atoms with Crippen LogP contribution in [0.25, 0.3) is 5.69 Å². The normalized spacial score (nSPS) is 10.3. The van der Waals surface area contributed by atoms with E-state index in [0.29, 0.717) is 16.1 Å². The molecule has 0 bridgehead atoms. The number of nitriles is 1. The molecule has 0 N–H and O–H groups in total. The molecule has 0 amide bonds. The van der Waals surface area contributed by atoms with E-state index in [2.05, 4.69) is 6.07 Å². The highest BCUT2D eigenvalue weighted by Crippen LogP contribution is 2.30. The molecule has 1 aromatic heterocycles. The number of aromatic nitrogens is 1. The number of benzene rings is 1. The summed E-state index contributed by atoms with van der Waals surface area (Å²) in [4.78, 5) is 11.9. The van der Waals surface area contributed by atoms with Crippen LogP contribution in [0.4, 0.5) is 0 Å². The lowest BCUT2D eigenvalue weighted by molar-refractivity contribution is 0.102. The predicted octanol–water partition coefficient (Wildman–Crippen LogP) is 4.04. The Hall–Kier alpha value is -1.76. The average molecular weight is 307 g/mol. The van der Waals surface area contributed by atoms with Crippen LogP contribution in [0.5, 0.6) is 0 Å². The lowest BCUT2D eigenvalue weighted by Crippen LogP contribution is -2.04. The molecule has 0 aliphatic carbocycles. The lowest BCUT2D eigenvalue weighted by Gasteiger charge is -2.09. The van der Waals surface area contributed by atoms with E-state index in [4.69, 9.17) is 28.5 Å². The van der Waals surface area contributed by atoms with E-state index >= 15 is 0 Å². The van der Waals surface area contributed by atoms with E-state index in [9.17, 15) is 4.79 Å². The summed E-state index contributed by atoms with van der Waals surface area (Å²) >= 11 is 11.9. The Morgan fingerprint density at radius 1 is 1.25 bits per heavy atom. The van der Waals surface area contributed by atoms with Gasteiger partial charge < -0.3 is 4.57 Å². The van der Waals surface area contributed by atoms with Gasteiger partial charge in [-0.1, -0.05) is 11.6 Å². The molecular formula is C15H12Cl2N2O. The van der Waals surface area contributed by atoms with E-state index in [-0.39, 0.29) is 11.7 Å². The fourth-order valence-electron chi connectivity index (χ4n) is 2.26. The molecule has 1 aromatic carbocycles. The molecule has 0 aliphatic heterocycles. The van der Waals surface area contributed by atoms with Crippen molar-refractivity contribution < 1.29 is 4.79 Å². The highest BCUT2D eigenvalue weighted by atomic mass is 35.5. The number of hydrogen-bond donors (Lipinski definition) is 0. The highest BCUT2D eigenvalue weighted by Gasteiger charge is 2.21. The standard InChI is InChI=1S/C15H12Cl2N2O/c1-9-14(13(20)7-16)15(17)10(2)19(9)12-5-3-11(8-18)4-6-12/h3-6H,7H2,1-2H3. The van der Waals surface area contributed by atoms with Gasteiger partial charge in [0, 0.05) is 17.1 Å². The number of carbonyl (C=O) groups excluding carboxylic acids is 1. The number of carbonyl (C=O) groups is 1. The fourth-order valence-corrected chi connectivity index (χ4v) is 2.72. The Bertz CT molecular complexity index is 709. The Morgan fingerprint density at radius 2 is 1.85 bits per heavy atom. The first-order valence-electron chi connectivity index (χ1n) is 5.98. The van der Waals surface area contributed by atoms with E-state index < -0.39 is 0 Å². The summed E-state index contributed by atoms with van der Waals surface area (Å²) in [5.41, 5.74) is 3.43. The molecule has 0 saturated carbocycles. The van der Waals surface area contributed by atoms with Crippen molar-refractivity contribution in [3.63, 3.8) is 0 Å². The molecule has 0 aliphatic rings. The summed E-state index contributed by atoms with van der Waals surface area (Å²) < 4.78 is 1.89. The summed E-state index contributed by atoms with van der Waals surface area (Å²) in [5.74, 6) is -0.290. The van der Waals surface area contributed by atoms with E-state index in [1.807, 2.05) is 30.5 Å². The topological polar surface area (TPSA) is 45.8 Å². The third kappa shape index (κ3) is 2.33. The fraction of sp³-hybridized carbons (Fsp3) is 0.200. The van der Waals surface area contributed by atoms with Gasteiger partial charge in [-0.15, -0.1) is 11.6 Å². The second-order valence-corrected chi connectivity index (χ2v) is 5.06. The summed E-state index contributed by atoms with van der Waals surface area (Å²) in [7, 11) is 0. The van der Waals surface area contributed by atoms with Crippen LogP contribution in [0.3, 0.4) is 0 Å². The van der Waals surface area contributed by atoms with Crippen molar-refractivity contribution in [2.45, 2.75) is 13.8 Å². The Morgan fingerprint density at radius 3 is 2.35 bits per heavy atom. The average Bonchev–Trinajstić information content (AvgIpc) is 2.69. The van der Waals surface area contributed by atoms with Crippen molar-refractivity contribution in [1.82, 2.24) is 4.57 Å². The highest BCUT2D eigenvalue weighted by molar-refractivity contribution is 6.38. The molecule has 1 heterocycles. The third-order valence-corrected chi connectivity index (χ3v) is 3.93. The minimum Gasteiger partial charge on any atom is -0.316 e. The summed E-state index contributed by atoms with van der Waals surface area (Å²) in [6, 6.07) is 9.17. The van der Waals surface area contributed by atoms with Crippen molar-refractivity contribution in [2.75, 3.05) is 5.88 Å². The van der Waals surface area contributed by atoms with Gasteiger partial charge in [-0.2, -0.15) is 5.26 Å². The van der Waals surface area contributed by atoms with Crippen LogP contribution >= 0.6 is 23.2 Å². The smallest absolute Gasteiger partial charge is 0.180 e. The second-order valence-electron chi connectivity index (χ2n) is 4.41. The maximum Gasteiger partial charge on any atom is 0.180 e. The number of halogens is 2. The summed E-state index contributed by atoms with van der Waals surface area (Å²) in [6.07, 6.45) is 0. The minimum absolute atomic E-state index is 0.0998. The SMILES string of the molecule is Cc1c(Cl)c(C(=O)CCl)c(C)n1-c1ccc(C#N)cc1. The number of ketones is 1. The Kier molecular flexibility index (Phi) is 4.17. The second kappa shape index (κ2) is 5.70. The predicted molar refractivity (Wildman–Crippen MR) is 80.0 cm³/mol. The third-order valence-electron chi connectivity index (χ3n) is 3.22. The van der Waals surface area contributed by atoms with Crippen molar-refractivity contribution in [1.29, 1.82) is 5.26 Å². The van der Waals surface area contributed by atoms with E-state index in [1.165, 1.54) is 0 Å². The molecular weight excluding hydrogens is 295 g/mol. The van der Waals surface area contributed by atoms with Gasteiger partial charge in [0.1, 0.15) is 0 Å². The van der Waals surface area contributed by atoms with Crippen LogP contribution in [0.1, 0.15) is 27.3 Å². The van der Waals surface area contributed by atoms with Crippen molar-refractivity contribution in [2.24, 2.45) is 0 Å². The lowest BCUT2D eigenvalue weighted by atomic mass is 10.2. The van der Waals surface area contributed by atoms with Gasteiger partial charge in [0.2, 0.25) is 0 Å². The zero-order valence-corrected chi connectivity index (χ0v) is 12.6. The molecule has 2 aromatic rings. The van der Waals surface area contributed by atoms with Gasteiger partial charge in [0.15, 0.2) is 5.78 Å². The van der Waals surface area contributed by atoms with Crippen molar-refractivity contribution >= 4 is 29.0 Å². The van der Waals surface area contributed by atoms with Crippen LogP contribution in [0.2, 0.25) is 5.02 Å². The molecule has 0 atom stereocenters. The molecule has 0 saturated heterocycles. The van der Waals surface area contributed by atoms with Gasteiger partial charge in [-0.25, -0.2) is 0 Å². The minimum atomic E-state index is -0.190. The van der Waals surface area contributed by atoms with Crippen LogP contribution in [-0.2, 0) is 0 Å². The number of hydrogen-bond acceptors (Lipinski definition) is 2. The monoisotopic (exact) mass is 306 g/mol. The number of rotatable bonds is 3. The first-order chi connectivity index (χ1) is 9.51. The largest absolute Gasteiger partial charge is 0.316 e. The Labute approximate surface area is 127 Å². The van der Waals surface area contributed by atoms with Gasteiger partial charge in [0.05, 0.1) is 28.1 Å². The van der Waals surface area contributed by atoms with Crippen LogP contribution in [0.15, 0.2) is 24.3 Å². The van der Waals surface area contributed by atoms with E-state index in [0.717, 1.165) is 17.1 Å². The molecule has 2 rings (SSSR count).